The van der Waals surface area contributed by atoms with Crippen LogP contribution in [0.5, 0.6) is 5.75 Å². The Balaban J connectivity index is 1.70. The van der Waals surface area contributed by atoms with Gasteiger partial charge in [-0.3, -0.25) is 0 Å². The van der Waals surface area contributed by atoms with Crippen molar-refractivity contribution < 1.29 is 9.47 Å². The average molecular weight is 421 g/mol. The summed E-state index contributed by atoms with van der Waals surface area (Å²) in [6.07, 6.45) is 3.76. The molecule has 0 bridgehead atoms. The number of halogens is 2. The standard InChI is InChI=1S/C16H23Br2NO2/c1-2-21-16-13(8-14(17)9-15(16)18)10-19-6-3-7-20-11-12-4-5-12/h8-9,12,19H,2-7,10-11H2,1H3. The number of benzene rings is 1. The maximum atomic E-state index is 5.72. The molecule has 1 aromatic rings. The summed E-state index contributed by atoms with van der Waals surface area (Å²) in [6.45, 7) is 6.23. The van der Waals surface area contributed by atoms with Crippen LogP contribution in [0.1, 0.15) is 31.7 Å². The molecule has 0 aromatic heterocycles. The van der Waals surface area contributed by atoms with Crippen LogP contribution in [0, 0.1) is 5.92 Å². The van der Waals surface area contributed by atoms with Gasteiger partial charge in [-0.15, -0.1) is 0 Å². The molecule has 5 heteroatoms. The van der Waals surface area contributed by atoms with E-state index in [-0.39, 0.29) is 0 Å². The van der Waals surface area contributed by atoms with Gasteiger partial charge in [0.05, 0.1) is 11.1 Å². The van der Waals surface area contributed by atoms with E-state index in [1.165, 1.54) is 12.8 Å². The minimum absolute atomic E-state index is 0.669. The first kappa shape index (κ1) is 17.3. The van der Waals surface area contributed by atoms with Crippen molar-refractivity contribution in [2.45, 2.75) is 32.7 Å². The quantitative estimate of drug-likeness (QED) is 0.564. The minimum atomic E-state index is 0.669. The highest BCUT2D eigenvalue weighted by Crippen LogP contribution is 2.33. The van der Waals surface area contributed by atoms with E-state index >= 15 is 0 Å². The van der Waals surface area contributed by atoms with Crippen molar-refractivity contribution in [3.63, 3.8) is 0 Å². The van der Waals surface area contributed by atoms with Crippen LogP contribution in [0.2, 0.25) is 0 Å². The summed E-state index contributed by atoms with van der Waals surface area (Å²) in [6, 6.07) is 4.12. The maximum Gasteiger partial charge on any atom is 0.138 e. The molecule has 21 heavy (non-hydrogen) atoms. The summed E-state index contributed by atoms with van der Waals surface area (Å²) >= 11 is 7.09. The summed E-state index contributed by atoms with van der Waals surface area (Å²) < 4.78 is 13.4. The SMILES string of the molecule is CCOc1c(Br)cc(Br)cc1CNCCCOCC1CC1. The Kier molecular flexibility index (Phi) is 7.50. The van der Waals surface area contributed by atoms with Crippen molar-refractivity contribution in [1.29, 1.82) is 0 Å². The molecule has 0 spiro atoms. The van der Waals surface area contributed by atoms with E-state index < -0.39 is 0 Å². The van der Waals surface area contributed by atoms with E-state index in [4.69, 9.17) is 9.47 Å². The molecule has 0 unspecified atom stereocenters. The van der Waals surface area contributed by atoms with Crippen LogP contribution in [0.15, 0.2) is 21.1 Å². The second kappa shape index (κ2) is 9.13. The maximum absolute atomic E-state index is 5.72. The first-order valence-corrected chi connectivity index (χ1v) is 9.18. The third kappa shape index (κ3) is 6.27. The van der Waals surface area contributed by atoms with Gasteiger partial charge in [0, 0.05) is 29.8 Å². The molecule has 0 amide bonds. The molecule has 0 saturated heterocycles. The van der Waals surface area contributed by atoms with Crippen LogP contribution >= 0.6 is 31.9 Å². The molecule has 1 saturated carbocycles. The van der Waals surface area contributed by atoms with Gasteiger partial charge >= 0.3 is 0 Å². The lowest BCUT2D eigenvalue weighted by Crippen LogP contribution is -2.17. The van der Waals surface area contributed by atoms with Gasteiger partial charge in [-0.25, -0.2) is 0 Å². The van der Waals surface area contributed by atoms with Crippen molar-refractivity contribution in [2.75, 3.05) is 26.4 Å². The largest absolute Gasteiger partial charge is 0.492 e. The zero-order valence-corrected chi connectivity index (χ0v) is 15.6. The van der Waals surface area contributed by atoms with E-state index in [9.17, 15) is 0 Å². The molecule has 1 N–H and O–H groups in total. The van der Waals surface area contributed by atoms with Crippen LogP contribution in [-0.4, -0.2) is 26.4 Å². The summed E-state index contributed by atoms with van der Waals surface area (Å²) in [5, 5.41) is 3.46. The summed E-state index contributed by atoms with van der Waals surface area (Å²) in [5.41, 5.74) is 1.16. The first-order chi connectivity index (χ1) is 10.2. The average Bonchev–Trinajstić information content (AvgIpc) is 3.25. The van der Waals surface area contributed by atoms with Crippen molar-refractivity contribution in [1.82, 2.24) is 5.32 Å². The van der Waals surface area contributed by atoms with Gasteiger partial charge in [-0.05, 0) is 66.7 Å². The van der Waals surface area contributed by atoms with Gasteiger partial charge in [0.15, 0.2) is 0 Å². The van der Waals surface area contributed by atoms with Crippen LogP contribution in [0.4, 0.5) is 0 Å². The van der Waals surface area contributed by atoms with E-state index in [1.54, 1.807) is 0 Å². The lowest BCUT2D eigenvalue weighted by molar-refractivity contribution is 0.122. The second-order valence-electron chi connectivity index (χ2n) is 5.36. The molecule has 118 valence electrons. The van der Waals surface area contributed by atoms with Crippen molar-refractivity contribution in [3.05, 3.63) is 26.6 Å². The molecular formula is C16H23Br2NO2. The fraction of sp³-hybridized carbons (Fsp3) is 0.625. The predicted molar refractivity (Wildman–Crippen MR) is 92.9 cm³/mol. The Hall–Kier alpha value is -0.100. The molecule has 1 aromatic carbocycles. The third-order valence-electron chi connectivity index (χ3n) is 3.38. The van der Waals surface area contributed by atoms with Crippen LogP contribution in [0.3, 0.4) is 0 Å². The van der Waals surface area contributed by atoms with E-state index in [2.05, 4.69) is 43.2 Å². The van der Waals surface area contributed by atoms with Crippen LogP contribution < -0.4 is 10.1 Å². The number of rotatable bonds is 10. The number of nitrogens with one attached hydrogen (secondary N) is 1. The molecule has 1 fully saturated rings. The number of hydrogen-bond donors (Lipinski definition) is 1. The van der Waals surface area contributed by atoms with Crippen molar-refractivity contribution >= 4 is 31.9 Å². The summed E-state index contributed by atoms with van der Waals surface area (Å²) in [5.74, 6) is 1.78. The second-order valence-corrected chi connectivity index (χ2v) is 7.13. The van der Waals surface area contributed by atoms with Crippen LogP contribution in [-0.2, 0) is 11.3 Å². The first-order valence-electron chi connectivity index (χ1n) is 7.60. The number of ether oxygens (including phenoxy) is 2. The smallest absolute Gasteiger partial charge is 0.138 e. The fourth-order valence-corrected chi connectivity index (χ4v) is 3.54. The highest BCUT2D eigenvalue weighted by atomic mass is 79.9. The summed E-state index contributed by atoms with van der Waals surface area (Å²) in [4.78, 5) is 0. The normalized spacial score (nSPS) is 14.4. The zero-order valence-electron chi connectivity index (χ0n) is 12.5. The third-order valence-corrected chi connectivity index (χ3v) is 4.43. The van der Waals surface area contributed by atoms with Gasteiger partial charge in [0.2, 0.25) is 0 Å². The molecule has 0 atom stereocenters. The van der Waals surface area contributed by atoms with Gasteiger partial charge < -0.3 is 14.8 Å². The lowest BCUT2D eigenvalue weighted by Gasteiger charge is -2.14. The monoisotopic (exact) mass is 419 g/mol. The fourth-order valence-electron chi connectivity index (χ4n) is 2.11. The molecule has 0 aliphatic heterocycles. The van der Waals surface area contributed by atoms with Gasteiger partial charge in [-0.1, -0.05) is 15.9 Å². The Labute approximate surface area is 144 Å². The van der Waals surface area contributed by atoms with Crippen LogP contribution in [0.25, 0.3) is 0 Å². The van der Waals surface area contributed by atoms with E-state index in [1.807, 2.05) is 13.0 Å². The Morgan fingerprint density at radius 3 is 2.81 bits per heavy atom. The highest BCUT2D eigenvalue weighted by Gasteiger charge is 2.20. The highest BCUT2D eigenvalue weighted by molar-refractivity contribution is 9.11. The van der Waals surface area contributed by atoms with Gasteiger partial charge in [-0.2, -0.15) is 0 Å². The summed E-state index contributed by atoms with van der Waals surface area (Å²) in [7, 11) is 0. The van der Waals surface area contributed by atoms with Gasteiger partial charge in [0.1, 0.15) is 5.75 Å². The van der Waals surface area contributed by atoms with E-state index in [0.29, 0.717) is 6.61 Å². The molecule has 2 rings (SSSR count). The molecule has 0 heterocycles. The molecule has 1 aliphatic carbocycles. The molecular weight excluding hydrogens is 398 g/mol. The van der Waals surface area contributed by atoms with Crippen molar-refractivity contribution in [2.24, 2.45) is 5.92 Å². The Morgan fingerprint density at radius 1 is 1.29 bits per heavy atom. The van der Waals surface area contributed by atoms with E-state index in [0.717, 1.165) is 58.9 Å². The molecule has 0 radical (unpaired) electrons. The zero-order chi connectivity index (χ0) is 15.1. The van der Waals surface area contributed by atoms with Gasteiger partial charge in [0.25, 0.3) is 0 Å². The van der Waals surface area contributed by atoms with Crippen molar-refractivity contribution in [3.8, 4) is 5.75 Å². The predicted octanol–water partition coefficient (Wildman–Crippen LogP) is 4.52. The topological polar surface area (TPSA) is 30.5 Å². The molecule has 3 nitrogen and oxygen atoms in total. The lowest BCUT2D eigenvalue weighted by atomic mass is 10.2. The Bertz CT molecular complexity index is 450. The number of hydrogen-bond acceptors (Lipinski definition) is 3. The minimum Gasteiger partial charge on any atom is -0.492 e. The molecule has 1 aliphatic rings. The Morgan fingerprint density at radius 2 is 2.10 bits per heavy atom.